The number of amides is 2. The average Bonchev–Trinajstić information content (AvgIpc) is 3.40. The topological polar surface area (TPSA) is 76.7 Å². The van der Waals surface area contributed by atoms with Gasteiger partial charge in [-0.2, -0.15) is 0 Å². The minimum atomic E-state index is -0.598. The highest BCUT2D eigenvalue weighted by Crippen LogP contribution is 2.40. The van der Waals surface area contributed by atoms with Gasteiger partial charge in [0, 0.05) is 38.6 Å². The molecule has 3 aliphatic rings. The maximum Gasteiger partial charge on any atom is 0.246 e. The van der Waals surface area contributed by atoms with E-state index in [0.717, 1.165) is 36.1 Å². The summed E-state index contributed by atoms with van der Waals surface area (Å²) < 4.78 is 14.2. The van der Waals surface area contributed by atoms with Crippen LogP contribution in [0.15, 0.2) is 48.4 Å². The summed E-state index contributed by atoms with van der Waals surface area (Å²) >= 11 is 0. The van der Waals surface area contributed by atoms with Crippen LogP contribution in [0.25, 0.3) is 5.57 Å². The lowest BCUT2D eigenvalue weighted by molar-refractivity contribution is -0.134. The first-order valence-corrected chi connectivity index (χ1v) is 11.6. The van der Waals surface area contributed by atoms with Crippen LogP contribution in [0, 0.1) is 11.2 Å². The summed E-state index contributed by atoms with van der Waals surface area (Å²) in [4.78, 5) is 27.7. The molecule has 33 heavy (non-hydrogen) atoms. The Morgan fingerprint density at radius 2 is 2.06 bits per heavy atom. The van der Waals surface area contributed by atoms with E-state index in [1.807, 2.05) is 30.4 Å². The fraction of sp³-hybridized carbons (Fsp3) is 0.440. The van der Waals surface area contributed by atoms with Crippen LogP contribution in [-0.4, -0.2) is 47.9 Å². The van der Waals surface area contributed by atoms with Crippen molar-refractivity contribution in [3.05, 3.63) is 65.4 Å². The summed E-state index contributed by atoms with van der Waals surface area (Å²) in [5.41, 5.74) is 6.06. The maximum absolute atomic E-state index is 14.2. The number of dihydropyridines is 1. The predicted octanol–water partition coefficient (Wildman–Crippen LogP) is 2.64. The number of hydrazine groups is 1. The minimum Gasteiger partial charge on any atom is -0.376 e. The summed E-state index contributed by atoms with van der Waals surface area (Å²) in [5, 5.41) is 7.77. The van der Waals surface area contributed by atoms with E-state index in [4.69, 9.17) is 0 Å². The van der Waals surface area contributed by atoms with Crippen LogP contribution in [0.5, 0.6) is 0 Å². The summed E-state index contributed by atoms with van der Waals surface area (Å²) in [7, 11) is 1.89. The van der Waals surface area contributed by atoms with Crippen LogP contribution in [0.3, 0.4) is 0 Å². The highest BCUT2D eigenvalue weighted by atomic mass is 19.1. The van der Waals surface area contributed by atoms with Gasteiger partial charge in [0.05, 0.1) is 5.41 Å². The Morgan fingerprint density at radius 3 is 2.73 bits per heavy atom. The summed E-state index contributed by atoms with van der Waals surface area (Å²) in [5.74, 6) is -0.429. The second kappa shape index (κ2) is 9.39. The Bertz CT molecular complexity index is 1030. The fourth-order valence-electron chi connectivity index (χ4n) is 4.76. The van der Waals surface area contributed by atoms with Crippen molar-refractivity contribution in [3.8, 4) is 0 Å². The van der Waals surface area contributed by atoms with E-state index in [2.05, 4.69) is 29.9 Å². The van der Waals surface area contributed by atoms with Gasteiger partial charge >= 0.3 is 0 Å². The molecule has 0 bridgehead atoms. The van der Waals surface area contributed by atoms with Gasteiger partial charge in [0.25, 0.3) is 0 Å². The van der Waals surface area contributed by atoms with Gasteiger partial charge in [-0.25, -0.2) is 9.82 Å². The van der Waals surface area contributed by atoms with E-state index in [1.54, 1.807) is 17.2 Å². The average molecular weight is 454 g/mol. The molecular weight excluding hydrogens is 421 g/mol. The quantitative estimate of drug-likeness (QED) is 0.592. The molecular formula is C25H32FN5O2. The number of nitrogens with one attached hydrogen (secondary N) is 3. The number of hydrogen-bond acceptors (Lipinski definition) is 5. The standard InChI is InChI=1S/C25H32FN5O2/c1-4-25(5-2)7-9-31(24(25)33)21-6-8-27-22(13-21)23(32)28-14-17-10-18(12-20(26)11-17)19-15-29-30(3)16-19/h6,8,10-13,16,22,27,29H,4-5,7,9,14-15H2,1-3H3,(H,28,32). The first-order valence-electron chi connectivity index (χ1n) is 11.6. The fourth-order valence-corrected chi connectivity index (χ4v) is 4.76. The minimum absolute atomic E-state index is 0.137. The van der Waals surface area contributed by atoms with Crippen molar-refractivity contribution in [2.24, 2.45) is 5.41 Å². The van der Waals surface area contributed by atoms with Crippen LogP contribution in [0.1, 0.15) is 44.2 Å². The van der Waals surface area contributed by atoms with Crippen LogP contribution in [0.4, 0.5) is 4.39 Å². The molecule has 1 saturated heterocycles. The second-order valence-corrected chi connectivity index (χ2v) is 8.93. The van der Waals surface area contributed by atoms with Crippen LogP contribution in [-0.2, 0) is 16.1 Å². The zero-order valence-electron chi connectivity index (χ0n) is 19.5. The molecule has 3 aliphatic heterocycles. The molecule has 4 rings (SSSR count). The summed E-state index contributed by atoms with van der Waals surface area (Å²) in [6.07, 6.45) is 9.72. The van der Waals surface area contributed by atoms with Gasteiger partial charge in [-0.05, 0) is 72.5 Å². The SMILES string of the molecule is CCC1(CC)CCN(C2=CC(C(=O)NCc3cc(F)cc(C4=CN(C)NC4)c3)NC=C2)C1=O. The van der Waals surface area contributed by atoms with Crippen molar-refractivity contribution < 1.29 is 14.0 Å². The Labute approximate surface area is 194 Å². The van der Waals surface area contributed by atoms with Crippen molar-refractivity contribution >= 4 is 17.4 Å². The largest absolute Gasteiger partial charge is 0.376 e. The van der Waals surface area contributed by atoms with Crippen molar-refractivity contribution in [1.82, 2.24) is 26.0 Å². The first kappa shape index (κ1) is 23.0. The molecule has 0 aliphatic carbocycles. The molecule has 0 radical (unpaired) electrons. The zero-order chi connectivity index (χ0) is 23.6. The highest BCUT2D eigenvalue weighted by molar-refractivity contribution is 5.88. The molecule has 1 aromatic rings. The summed E-state index contributed by atoms with van der Waals surface area (Å²) in [6.45, 7) is 5.62. The molecule has 1 fully saturated rings. The predicted molar refractivity (Wildman–Crippen MR) is 125 cm³/mol. The summed E-state index contributed by atoms with van der Waals surface area (Å²) in [6, 6.07) is 4.23. The number of allylic oxidation sites excluding steroid dienone is 1. The van der Waals surface area contributed by atoms with Crippen LogP contribution in [0.2, 0.25) is 0 Å². The van der Waals surface area contributed by atoms with E-state index in [0.29, 0.717) is 18.7 Å². The Hall–Kier alpha value is -3.13. The van der Waals surface area contributed by atoms with Gasteiger partial charge in [0.2, 0.25) is 11.8 Å². The number of nitrogens with zero attached hydrogens (tertiary/aromatic N) is 2. The molecule has 0 spiro atoms. The smallest absolute Gasteiger partial charge is 0.246 e. The lowest BCUT2D eigenvalue weighted by atomic mass is 9.81. The number of carbonyl (C=O) groups excluding carboxylic acids is 2. The van der Waals surface area contributed by atoms with Crippen molar-refractivity contribution in [2.75, 3.05) is 20.1 Å². The molecule has 1 atom stereocenters. The van der Waals surface area contributed by atoms with E-state index in [-0.39, 0.29) is 29.6 Å². The molecule has 1 aromatic carbocycles. The molecule has 176 valence electrons. The van der Waals surface area contributed by atoms with Crippen molar-refractivity contribution in [2.45, 2.75) is 45.7 Å². The highest BCUT2D eigenvalue weighted by Gasteiger charge is 2.44. The number of carbonyl (C=O) groups is 2. The molecule has 0 saturated carbocycles. The Morgan fingerprint density at radius 1 is 1.27 bits per heavy atom. The second-order valence-electron chi connectivity index (χ2n) is 8.93. The van der Waals surface area contributed by atoms with Crippen molar-refractivity contribution in [1.29, 1.82) is 0 Å². The Kier molecular flexibility index (Phi) is 6.56. The number of likely N-dealkylation sites (tertiary alicyclic amines) is 1. The van der Waals surface area contributed by atoms with Crippen LogP contribution >= 0.6 is 0 Å². The molecule has 2 amide bonds. The lowest BCUT2D eigenvalue weighted by Gasteiger charge is -2.27. The van der Waals surface area contributed by atoms with Gasteiger partial charge in [0.15, 0.2) is 0 Å². The molecule has 7 nitrogen and oxygen atoms in total. The molecule has 0 aromatic heterocycles. The van der Waals surface area contributed by atoms with Gasteiger partial charge in [-0.15, -0.1) is 0 Å². The molecule has 3 heterocycles. The molecule has 3 N–H and O–H groups in total. The maximum atomic E-state index is 14.2. The zero-order valence-corrected chi connectivity index (χ0v) is 19.5. The molecule has 8 heteroatoms. The van der Waals surface area contributed by atoms with Gasteiger partial charge in [-0.3, -0.25) is 9.59 Å². The lowest BCUT2D eigenvalue weighted by Crippen LogP contribution is -2.43. The van der Waals surface area contributed by atoms with Crippen LogP contribution < -0.4 is 16.1 Å². The van der Waals surface area contributed by atoms with E-state index >= 15 is 0 Å². The van der Waals surface area contributed by atoms with E-state index < -0.39 is 6.04 Å². The van der Waals surface area contributed by atoms with Gasteiger partial charge in [0.1, 0.15) is 11.9 Å². The third-order valence-corrected chi connectivity index (χ3v) is 6.99. The number of benzene rings is 1. The number of hydrogen-bond donors (Lipinski definition) is 3. The number of halogens is 1. The normalized spacial score (nSPS) is 21.7. The van der Waals surface area contributed by atoms with E-state index in [9.17, 15) is 14.0 Å². The number of rotatable bonds is 7. The first-order chi connectivity index (χ1) is 15.8. The third-order valence-electron chi connectivity index (χ3n) is 6.99. The van der Waals surface area contributed by atoms with Gasteiger partial charge < -0.3 is 20.5 Å². The molecule has 1 unspecified atom stereocenters. The van der Waals surface area contributed by atoms with E-state index in [1.165, 1.54) is 12.1 Å². The van der Waals surface area contributed by atoms with Gasteiger partial charge in [-0.1, -0.05) is 13.8 Å². The monoisotopic (exact) mass is 453 g/mol. The Balaban J connectivity index is 1.42. The van der Waals surface area contributed by atoms with Crippen molar-refractivity contribution in [3.63, 3.8) is 0 Å². The third kappa shape index (κ3) is 4.66.